The Hall–Kier alpha value is -2.92. The van der Waals surface area contributed by atoms with Crippen molar-refractivity contribution >= 4 is 48.6 Å². The maximum atomic E-state index is 13.6. The average Bonchev–Trinajstić information content (AvgIpc) is 3.06. The van der Waals surface area contributed by atoms with Crippen LogP contribution in [0.3, 0.4) is 0 Å². The van der Waals surface area contributed by atoms with Crippen LogP contribution in [0.1, 0.15) is 32.0 Å². The molecule has 11 heteroatoms. The van der Waals surface area contributed by atoms with Crippen LogP contribution in [-0.2, 0) is 27.7 Å². The van der Waals surface area contributed by atoms with Gasteiger partial charge in [0.05, 0.1) is 21.9 Å². The molecule has 174 valence electrons. The van der Waals surface area contributed by atoms with E-state index in [4.69, 9.17) is 4.74 Å². The number of halogens is 1. The first kappa shape index (κ1) is 23.2. The molecule has 9 nitrogen and oxygen atoms in total. The zero-order valence-electron chi connectivity index (χ0n) is 18.2. The van der Waals surface area contributed by atoms with Crippen molar-refractivity contribution in [2.75, 3.05) is 6.54 Å². The number of nitrogens with zero attached hydrogens (tertiary/aromatic N) is 3. The summed E-state index contributed by atoms with van der Waals surface area (Å²) in [7, 11) is -4.04. The zero-order valence-corrected chi connectivity index (χ0v) is 20.6. The summed E-state index contributed by atoms with van der Waals surface area (Å²) in [5.74, 6) is 0. The first-order valence-electron chi connectivity index (χ1n) is 10.2. The minimum Gasteiger partial charge on any atom is -0.444 e. The number of nitro benzene ring substituents is 1. The maximum Gasteiger partial charge on any atom is 0.410 e. The summed E-state index contributed by atoms with van der Waals surface area (Å²) in [5.41, 5.74) is 0.959. The molecule has 2 aromatic carbocycles. The van der Waals surface area contributed by atoms with Crippen LogP contribution < -0.4 is 0 Å². The van der Waals surface area contributed by atoms with Crippen LogP contribution in [0.5, 0.6) is 0 Å². The van der Waals surface area contributed by atoms with E-state index in [1.54, 1.807) is 37.8 Å². The summed E-state index contributed by atoms with van der Waals surface area (Å²) in [5, 5.41) is 11.7. The number of benzene rings is 2. The van der Waals surface area contributed by atoms with Crippen molar-refractivity contribution in [1.82, 2.24) is 8.87 Å². The number of aromatic nitrogens is 1. The summed E-state index contributed by atoms with van der Waals surface area (Å²) in [6.07, 6.45) is -0.144. The predicted octanol–water partition coefficient (Wildman–Crippen LogP) is 4.84. The molecule has 3 aromatic rings. The second-order valence-electron chi connectivity index (χ2n) is 8.76. The molecule has 0 N–H and O–H groups in total. The van der Waals surface area contributed by atoms with Gasteiger partial charge in [-0.1, -0.05) is 15.9 Å². The molecular weight excluding hydrogens is 514 g/mol. The van der Waals surface area contributed by atoms with Crippen molar-refractivity contribution in [2.45, 2.75) is 44.2 Å². The first-order chi connectivity index (χ1) is 15.4. The summed E-state index contributed by atoms with van der Waals surface area (Å²) in [6, 6.07) is 10.1. The summed E-state index contributed by atoms with van der Waals surface area (Å²) in [4.78, 5) is 24.6. The fourth-order valence-corrected chi connectivity index (χ4v) is 5.85. The molecule has 1 amide bonds. The number of ether oxygens (including phenoxy) is 1. The van der Waals surface area contributed by atoms with E-state index in [0.29, 0.717) is 29.6 Å². The lowest BCUT2D eigenvalue weighted by Gasteiger charge is -2.30. The van der Waals surface area contributed by atoms with Crippen LogP contribution in [0.4, 0.5) is 10.5 Å². The Morgan fingerprint density at radius 1 is 1.15 bits per heavy atom. The summed E-state index contributed by atoms with van der Waals surface area (Å²) in [6.45, 7) is 5.88. The van der Waals surface area contributed by atoms with E-state index in [9.17, 15) is 23.3 Å². The first-order valence-corrected chi connectivity index (χ1v) is 12.4. The fourth-order valence-electron chi connectivity index (χ4n) is 3.89. The molecule has 0 radical (unpaired) electrons. The maximum absolute atomic E-state index is 13.6. The molecular formula is C22H22BrN3O6S. The highest BCUT2D eigenvalue weighted by molar-refractivity contribution is 9.10. The van der Waals surface area contributed by atoms with Gasteiger partial charge in [0.25, 0.3) is 15.7 Å². The third kappa shape index (κ3) is 4.34. The van der Waals surface area contributed by atoms with E-state index in [2.05, 4.69) is 15.9 Å². The third-order valence-corrected chi connectivity index (χ3v) is 7.56. The van der Waals surface area contributed by atoms with Gasteiger partial charge in [-0.05, 0) is 51.1 Å². The van der Waals surface area contributed by atoms with Crippen molar-refractivity contribution in [3.05, 3.63) is 68.3 Å². The van der Waals surface area contributed by atoms with Crippen LogP contribution in [0, 0.1) is 10.1 Å². The highest BCUT2D eigenvalue weighted by atomic mass is 79.9. The van der Waals surface area contributed by atoms with Gasteiger partial charge in [0.1, 0.15) is 5.60 Å². The third-order valence-electron chi connectivity index (χ3n) is 5.30. The number of nitro groups is 1. The van der Waals surface area contributed by atoms with Gasteiger partial charge >= 0.3 is 6.09 Å². The van der Waals surface area contributed by atoms with Gasteiger partial charge in [-0.15, -0.1) is 0 Å². The normalized spacial score (nSPS) is 14.2. The average molecular weight is 536 g/mol. The van der Waals surface area contributed by atoms with Crippen molar-refractivity contribution < 1.29 is 22.9 Å². The monoisotopic (exact) mass is 535 g/mol. The molecule has 1 aliphatic heterocycles. The van der Waals surface area contributed by atoms with Gasteiger partial charge in [0.15, 0.2) is 0 Å². The topological polar surface area (TPSA) is 112 Å². The molecule has 0 spiro atoms. The van der Waals surface area contributed by atoms with Crippen LogP contribution >= 0.6 is 15.9 Å². The van der Waals surface area contributed by atoms with E-state index < -0.39 is 26.6 Å². The van der Waals surface area contributed by atoms with Crippen molar-refractivity contribution in [1.29, 1.82) is 0 Å². The quantitative estimate of drug-likeness (QED) is 0.350. The van der Waals surface area contributed by atoms with Crippen LogP contribution in [0.25, 0.3) is 10.9 Å². The number of hydrogen-bond acceptors (Lipinski definition) is 6. The van der Waals surface area contributed by atoms with Gasteiger partial charge in [-0.2, -0.15) is 0 Å². The van der Waals surface area contributed by atoms with Crippen LogP contribution in [0.15, 0.2) is 51.8 Å². The molecule has 0 unspecified atom stereocenters. The van der Waals surface area contributed by atoms with Crippen LogP contribution in [-0.4, -0.2) is 40.5 Å². The lowest BCUT2D eigenvalue weighted by atomic mass is 10.1. The Morgan fingerprint density at radius 3 is 2.42 bits per heavy atom. The molecule has 0 aliphatic carbocycles. The molecule has 0 atom stereocenters. The lowest BCUT2D eigenvalue weighted by molar-refractivity contribution is -0.384. The second kappa shape index (κ2) is 8.14. The highest BCUT2D eigenvalue weighted by Gasteiger charge is 2.33. The van der Waals surface area contributed by atoms with Gasteiger partial charge in [-0.25, -0.2) is 17.2 Å². The molecule has 0 saturated heterocycles. The Labute approximate surface area is 199 Å². The Balaban J connectivity index is 1.83. The van der Waals surface area contributed by atoms with E-state index in [0.717, 1.165) is 10.0 Å². The molecule has 0 saturated carbocycles. The smallest absolute Gasteiger partial charge is 0.410 e. The predicted molar refractivity (Wildman–Crippen MR) is 126 cm³/mol. The minimum absolute atomic E-state index is 0.0507. The number of non-ortho nitro benzene ring substituents is 1. The molecule has 0 fully saturated rings. The molecule has 0 bridgehead atoms. The largest absolute Gasteiger partial charge is 0.444 e. The van der Waals surface area contributed by atoms with Crippen molar-refractivity contribution in [2.24, 2.45) is 0 Å². The SMILES string of the molecule is CC(C)(C)OC(=O)N1CCc2c(c3cc(Br)ccc3n2S(=O)(=O)c2ccc([N+](=O)[O-])cc2)C1. The Bertz CT molecular complexity index is 1370. The summed E-state index contributed by atoms with van der Waals surface area (Å²) < 4.78 is 34.8. The van der Waals surface area contributed by atoms with E-state index in [1.807, 2.05) is 6.07 Å². The molecule has 2 heterocycles. The van der Waals surface area contributed by atoms with E-state index in [1.165, 1.54) is 28.2 Å². The van der Waals surface area contributed by atoms with E-state index >= 15 is 0 Å². The number of rotatable bonds is 3. The van der Waals surface area contributed by atoms with Gasteiger partial charge in [0.2, 0.25) is 0 Å². The number of fused-ring (bicyclic) bond motifs is 3. The minimum atomic E-state index is -4.04. The number of carbonyl (C=O) groups excluding carboxylic acids is 1. The van der Waals surface area contributed by atoms with Gasteiger partial charge in [0, 0.05) is 46.2 Å². The molecule has 4 rings (SSSR count). The highest BCUT2D eigenvalue weighted by Crippen LogP contribution is 2.36. The Kier molecular flexibility index (Phi) is 5.73. The van der Waals surface area contributed by atoms with Crippen LogP contribution in [0.2, 0.25) is 0 Å². The molecule has 1 aliphatic rings. The number of amides is 1. The number of carbonyl (C=O) groups is 1. The molecule has 33 heavy (non-hydrogen) atoms. The molecule has 1 aromatic heterocycles. The standard InChI is InChI=1S/C22H22BrN3O6S/c1-22(2,3)32-21(27)24-11-10-20-18(13-24)17-12-14(23)4-9-19(17)25(20)33(30,31)16-7-5-15(6-8-16)26(28)29/h4-9,12H,10-11,13H2,1-3H3. The van der Waals surface area contributed by atoms with Crippen molar-refractivity contribution in [3.8, 4) is 0 Å². The van der Waals surface area contributed by atoms with Gasteiger partial charge < -0.3 is 9.64 Å². The second-order valence-corrected chi connectivity index (χ2v) is 11.5. The lowest BCUT2D eigenvalue weighted by Crippen LogP contribution is -2.40. The van der Waals surface area contributed by atoms with E-state index in [-0.39, 0.29) is 17.1 Å². The fraction of sp³-hybridized carbons (Fsp3) is 0.318. The summed E-state index contributed by atoms with van der Waals surface area (Å²) >= 11 is 3.44. The number of hydrogen-bond donors (Lipinski definition) is 0. The Morgan fingerprint density at radius 2 is 1.82 bits per heavy atom. The zero-order chi connectivity index (χ0) is 24.1. The van der Waals surface area contributed by atoms with Crippen molar-refractivity contribution in [3.63, 3.8) is 0 Å². The van der Waals surface area contributed by atoms with Gasteiger partial charge in [-0.3, -0.25) is 10.1 Å².